The molecule has 0 atom stereocenters. The zero-order chi connectivity index (χ0) is 11.4. The SMILES string of the molecule is CCCCCCCCC[CH2][Zr]([O]C)[O]C. The van der Waals surface area contributed by atoms with Crippen LogP contribution in [0.1, 0.15) is 58.3 Å². The van der Waals surface area contributed by atoms with E-state index in [0.717, 1.165) is 0 Å². The van der Waals surface area contributed by atoms with Gasteiger partial charge in [-0.05, 0) is 0 Å². The predicted octanol–water partition coefficient (Wildman–Crippen LogP) is 4.29. The van der Waals surface area contributed by atoms with Crippen LogP contribution in [0.3, 0.4) is 0 Å². The fraction of sp³-hybridized carbons (Fsp3) is 1.00. The van der Waals surface area contributed by atoms with Crippen LogP contribution >= 0.6 is 0 Å². The maximum absolute atomic E-state index is 5.33. The Balaban J connectivity index is 3.04. The van der Waals surface area contributed by atoms with Gasteiger partial charge in [-0.3, -0.25) is 0 Å². The van der Waals surface area contributed by atoms with E-state index in [-0.39, 0.29) is 0 Å². The van der Waals surface area contributed by atoms with Crippen molar-refractivity contribution in [3.05, 3.63) is 0 Å². The van der Waals surface area contributed by atoms with Crippen molar-refractivity contribution < 1.29 is 28.3 Å². The summed E-state index contributed by atoms with van der Waals surface area (Å²) in [5.41, 5.74) is 0. The maximum atomic E-state index is 5.33. The molecule has 0 aliphatic heterocycles. The van der Waals surface area contributed by atoms with E-state index in [2.05, 4.69) is 6.92 Å². The molecule has 0 rings (SSSR count). The van der Waals surface area contributed by atoms with E-state index in [4.69, 9.17) is 5.63 Å². The summed E-state index contributed by atoms with van der Waals surface area (Å²) < 4.78 is 11.9. The second-order valence-electron chi connectivity index (χ2n) is 4.01. The number of hydrogen-bond donors (Lipinski definition) is 0. The molecule has 2 nitrogen and oxygen atoms in total. The van der Waals surface area contributed by atoms with Crippen LogP contribution in [-0.2, 0) is 28.3 Å². The van der Waals surface area contributed by atoms with Gasteiger partial charge in [-0.2, -0.15) is 0 Å². The minimum absolute atomic E-state index is 1.23. The summed E-state index contributed by atoms with van der Waals surface area (Å²) in [6.07, 6.45) is 11.1. The second-order valence-corrected chi connectivity index (χ2v) is 9.07. The number of rotatable bonds is 11. The van der Waals surface area contributed by atoms with E-state index in [1.54, 1.807) is 14.2 Å². The van der Waals surface area contributed by atoms with E-state index >= 15 is 0 Å². The van der Waals surface area contributed by atoms with Crippen LogP contribution in [-0.4, -0.2) is 14.2 Å². The first-order valence-electron chi connectivity index (χ1n) is 6.29. The molecule has 0 aliphatic rings. The molecule has 0 heterocycles. The van der Waals surface area contributed by atoms with Crippen molar-refractivity contribution in [3.63, 3.8) is 0 Å². The van der Waals surface area contributed by atoms with Crippen molar-refractivity contribution in [2.75, 3.05) is 14.2 Å². The van der Waals surface area contributed by atoms with Gasteiger partial charge >= 0.3 is 105 Å². The quantitative estimate of drug-likeness (QED) is 0.529. The van der Waals surface area contributed by atoms with Crippen molar-refractivity contribution in [2.24, 2.45) is 0 Å². The standard InChI is InChI=1S/C10H21.2CH3O.Zr/c1-3-5-7-9-10-8-6-4-2;2*1-2;/h1,3-10H2,2H3;2*1H3;/q;2*-1;+2. The molecule has 0 aliphatic carbocycles. The van der Waals surface area contributed by atoms with Crippen LogP contribution in [0, 0.1) is 0 Å². The average Bonchev–Trinajstić information content (AvgIpc) is 2.27. The third kappa shape index (κ3) is 11.1. The molecule has 0 N–H and O–H groups in total. The monoisotopic (exact) mass is 293 g/mol. The molecule has 15 heavy (non-hydrogen) atoms. The molecule has 0 aromatic heterocycles. The van der Waals surface area contributed by atoms with Crippen LogP contribution in [0.2, 0.25) is 4.13 Å². The normalized spacial score (nSPS) is 10.6. The summed E-state index contributed by atoms with van der Waals surface area (Å²) in [6, 6.07) is 0. The zero-order valence-electron chi connectivity index (χ0n) is 10.7. The Morgan fingerprint density at radius 3 is 1.67 bits per heavy atom. The predicted molar refractivity (Wildman–Crippen MR) is 61.4 cm³/mol. The van der Waals surface area contributed by atoms with Crippen LogP contribution in [0.5, 0.6) is 0 Å². The van der Waals surface area contributed by atoms with E-state index in [9.17, 15) is 0 Å². The van der Waals surface area contributed by atoms with Crippen LogP contribution in [0.4, 0.5) is 0 Å². The van der Waals surface area contributed by atoms with Crippen molar-refractivity contribution >= 4 is 0 Å². The van der Waals surface area contributed by atoms with E-state index < -0.39 is 22.6 Å². The Morgan fingerprint density at radius 1 is 0.733 bits per heavy atom. The van der Waals surface area contributed by atoms with Gasteiger partial charge in [0.25, 0.3) is 0 Å². The fourth-order valence-corrected chi connectivity index (χ4v) is 4.43. The Morgan fingerprint density at radius 2 is 1.20 bits per heavy atom. The third-order valence-electron chi connectivity index (χ3n) is 2.69. The summed E-state index contributed by atoms with van der Waals surface area (Å²) in [4.78, 5) is 0. The molecule has 0 spiro atoms. The molecule has 0 aromatic rings. The van der Waals surface area contributed by atoms with E-state index in [1.807, 2.05) is 0 Å². The topological polar surface area (TPSA) is 18.5 Å². The summed E-state index contributed by atoms with van der Waals surface area (Å²) in [5.74, 6) is 0. The van der Waals surface area contributed by atoms with Crippen molar-refractivity contribution in [1.29, 1.82) is 0 Å². The summed E-state index contributed by atoms with van der Waals surface area (Å²) >= 11 is -1.79. The number of unbranched alkanes of at least 4 members (excludes halogenated alkanes) is 7. The van der Waals surface area contributed by atoms with Gasteiger partial charge in [-0.25, -0.2) is 0 Å². The van der Waals surface area contributed by atoms with Crippen LogP contribution < -0.4 is 0 Å². The summed E-state index contributed by atoms with van der Waals surface area (Å²) in [5, 5.41) is 0. The molecule has 3 heteroatoms. The first-order valence-corrected chi connectivity index (χ1v) is 10.0. The Kier molecular flexibility index (Phi) is 13.6. The van der Waals surface area contributed by atoms with Crippen molar-refractivity contribution in [3.8, 4) is 0 Å². The zero-order valence-corrected chi connectivity index (χ0v) is 13.1. The molecule has 0 saturated heterocycles. The number of hydrogen-bond acceptors (Lipinski definition) is 2. The van der Waals surface area contributed by atoms with Gasteiger partial charge in [0.15, 0.2) is 0 Å². The van der Waals surface area contributed by atoms with Gasteiger partial charge in [0.2, 0.25) is 0 Å². The van der Waals surface area contributed by atoms with Gasteiger partial charge in [0.1, 0.15) is 0 Å². The first-order chi connectivity index (χ1) is 7.35. The first kappa shape index (κ1) is 15.8. The van der Waals surface area contributed by atoms with Gasteiger partial charge in [-0.15, -0.1) is 0 Å². The molecule has 0 fully saturated rings. The molecule has 0 saturated carbocycles. The molecule has 0 amide bonds. The molecular weight excluding hydrogens is 267 g/mol. The van der Waals surface area contributed by atoms with Crippen LogP contribution in [0.25, 0.3) is 0 Å². The van der Waals surface area contributed by atoms with Gasteiger partial charge in [-0.1, -0.05) is 0 Å². The molecule has 91 valence electrons. The van der Waals surface area contributed by atoms with Gasteiger partial charge in [0.05, 0.1) is 0 Å². The van der Waals surface area contributed by atoms with Crippen LogP contribution in [0.15, 0.2) is 0 Å². The minimum atomic E-state index is -1.79. The van der Waals surface area contributed by atoms with E-state index in [0.29, 0.717) is 0 Å². The van der Waals surface area contributed by atoms with Gasteiger partial charge in [0, 0.05) is 0 Å². The molecule has 0 bridgehead atoms. The Bertz CT molecular complexity index is 116. The summed E-state index contributed by atoms with van der Waals surface area (Å²) in [7, 11) is 3.59. The van der Waals surface area contributed by atoms with Crippen molar-refractivity contribution in [1.82, 2.24) is 0 Å². The third-order valence-corrected chi connectivity index (χ3v) is 6.80. The van der Waals surface area contributed by atoms with Gasteiger partial charge < -0.3 is 0 Å². The summed E-state index contributed by atoms with van der Waals surface area (Å²) in [6.45, 7) is 2.27. The molecule has 0 radical (unpaired) electrons. The second kappa shape index (κ2) is 12.9. The Labute approximate surface area is 105 Å². The van der Waals surface area contributed by atoms with E-state index in [1.165, 1.54) is 55.5 Å². The average molecular weight is 295 g/mol. The van der Waals surface area contributed by atoms with Crippen molar-refractivity contribution in [2.45, 2.75) is 62.4 Å². The fourth-order valence-electron chi connectivity index (χ4n) is 1.69. The molecule has 0 unspecified atom stereocenters. The molecule has 0 aromatic carbocycles. The Hall–Kier alpha value is 0.803. The molecular formula is C12H27O2Zr.